The van der Waals surface area contributed by atoms with Crippen LogP contribution in [0.15, 0.2) is 58.4 Å². The van der Waals surface area contributed by atoms with Gasteiger partial charge in [0.25, 0.3) is 5.56 Å². The third kappa shape index (κ3) is 3.77. The molecule has 1 fully saturated rings. The Morgan fingerprint density at radius 2 is 1.78 bits per heavy atom. The Balaban J connectivity index is 1.76. The lowest BCUT2D eigenvalue weighted by molar-refractivity contribution is 0.287. The van der Waals surface area contributed by atoms with Gasteiger partial charge >= 0.3 is 0 Å². The normalized spacial score (nSPS) is 14.3. The van der Waals surface area contributed by atoms with Crippen LogP contribution in [0.2, 0.25) is 0 Å². The lowest BCUT2D eigenvalue weighted by Crippen LogP contribution is -2.25. The smallest absolute Gasteiger partial charge is 0.282 e. The molecule has 1 aliphatic rings. The molecule has 0 radical (unpaired) electrons. The number of fused-ring (bicyclic) bond motifs is 1. The Morgan fingerprint density at radius 1 is 1.04 bits per heavy atom. The van der Waals surface area contributed by atoms with Crippen LogP contribution in [0.4, 0.5) is 0 Å². The quantitative estimate of drug-likeness (QED) is 0.690. The molecule has 0 N–H and O–H groups in total. The number of hydrogen-bond donors (Lipinski definition) is 0. The van der Waals surface area contributed by atoms with Crippen LogP contribution < -0.4 is 10.3 Å². The summed E-state index contributed by atoms with van der Waals surface area (Å²) < 4.78 is 7.41. The number of para-hydroxylation sites is 2. The fraction of sp³-hybridized carbons (Fsp3) is 0.318. The molecule has 5 heteroatoms. The highest BCUT2D eigenvalue weighted by molar-refractivity contribution is 5.85. The molecular formula is C22H23N3O2. The molecule has 1 aromatic heterocycles. The molecule has 5 nitrogen and oxygen atoms in total. The molecule has 0 atom stereocenters. The van der Waals surface area contributed by atoms with Gasteiger partial charge in [0.1, 0.15) is 12.4 Å². The van der Waals surface area contributed by atoms with E-state index in [2.05, 4.69) is 10.1 Å². The van der Waals surface area contributed by atoms with Gasteiger partial charge in [-0.25, -0.2) is 4.98 Å². The molecule has 138 valence electrons. The van der Waals surface area contributed by atoms with E-state index in [1.54, 1.807) is 6.07 Å². The summed E-state index contributed by atoms with van der Waals surface area (Å²) in [5.74, 6) is 1.32. The van der Waals surface area contributed by atoms with Crippen LogP contribution in [0.5, 0.6) is 5.75 Å². The van der Waals surface area contributed by atoms with Gasteiger partial charge in [-0.15, -0.1) is 0 Å². The van der Waals surface area contributed by atoms with Crippen molar-refractivity contribution in [3.05, 3.63) is 70.3 Å². The predicted octanol–water partition coefficient (Wildman–Crippen LogP) is 4.45. The van der Waals surface area contributed by atoms with E-state index >= 15 is 0 Å². The molecule has 1 heterocycles. The van der Waals surface area contributed by atoms with Crippen molar-refractivity contribution in [1.82, 2.24) is 9.66 Å². The number of nitrogens with zero attached hydrogens (tertiary/aromatic N) is 3. The third-order valence-electron chi connectivity index (χ3n) is 4.94. The van der Waals surface area contributed by atoms with Gasteiger partial charge < -0.3 is 4.74 Å². The molecule has 0 bridgehead atoms. The van der Waals surface area contributed by atoms with Crippen molar-refractivity contribution in [2.45, 2.75) is 45.6 Å². The van der Waals surface area contributed by atoms with Gasteiger partial charge in [-0.05, 0) is 56.4 Å². The van der Waals surface area contributed by atoms with Crippen molar-refractivity contribution in [2.24, 2.45) is 5.10 Å². The summed E-state index contributed by atoms with van der Waals surface area (Å²) in [6.07, 6.45) is 5.37. The summed E-state index contributed by atoms with van der Waals surface area (Å²) in [6.45, 7) is 2.19. The van der Waals surface area contributed by atoms with E-state index in [4.69, 9.17) is 4.74 Å². The summed E-state index contributed by atoms with van der Waals surface area (Å²) in [7, 11) is 0. The van der Waals surface area contributed by atoms with Crippen LogP contribution in [-0.4, -0.2) is 15.4 Å². The van der Waals surface area contributed by atoms with Gasteiger partial charge in [0, 0.05) is 5.71 Å². The number of rotatable bonds is 4. The molecule has 0 unspecified atom stereocenters. The third-order valence-corrected chi connectivity index (χ3v) is 4.94. The Kier molecular flexibility index (Phi) is 5.01. The molecule has 2 aromatic carbocycles. The van der Waals surface area contributed by atoms with Gasteiger partial charge in [-0.3, -0.25) is 4.79 Å². The van der Waals surface area contributed by atoms with Crippen LogP contribution >= 0.6 is 0 Å². The Bertz CT molecular complexity index is 1040. The van der Waals surface area contributed by atoms with E-state index in [9.17, 15) is 4.79 Å². The lowest BCUT2D eigenvalue weighted by atomic mass is 9.99. The standard InChI is InChI=1S/C22H23N3O2/c1-16-9-5-8-14-20(16)27-15-21-23-19-13-7-6-12-18(19)22(26)25(21)24-17-10-3-2-4-11-17/h5-9,12-14H,2-4,10-11,15H2,1H3. The highest BCUT2D eigenvalue weighted by atomic mass is 16.5. The van der Waals surface area contributed by atoms with Crippen LogP contribution in [-0.2, 0) is 6.61 Å². The average Bonchev–Trinajstić information content (AvgIpc) is 2.71. The Hall–Kier alpha value is -2.95. The number of ether oxygens (including phenoxy) is 1. The summed E-state index contributed by atoms with van der Waals surface area (Å²) in [4.78, 5) is 17.7. The molecule has 0 spiro atoms. The maximum absolute atomic E-state index is 13.1. The minimum atomic E-state index is -0.137. The van der Waals surface area contributed by atoms with Gasteiger partial charge in [0.15, 0.2) is 5.82 Å². The molecule has 0 aliphatic heterocycles. The van der Waals surface area contributed by atoms with Crippen molar-refractivity contribution in [3.8, 4) is 5.75 Å². The second kappa shape index (κ2) is 7.74. The number of hydrogen-bond acceptors (Lipinski definition) is 4. The maximum atomic E-state index is 13.1. The van der Waals surface area contributed by atoms with Crippen molar-refractivity contribution < 1.29 is 4.74 Å². The SMILES string of the molecule is Cc1ccccc1OCc1nc2ccccc2c(=O)n1N=C1CCCCC1. The van der Waals surface area contributed by atoms with Gasteiger partial charge in [-0.2, -0.15) is 9.78 Å². The first-order chi connectivity index (χ1) is 13.2. The molecule has 4 rings (SSSR count). The zero-order valence-corrected chi connectivity index (χ0v) is 15.5. The van der Waals surface area contributed by atoms with E-state index < -0.39 is 0 Å². The van der Waals surface area contributed by atoms with E-state index in [-0.39, 0.29) is 12.2 Å². The zero-order valence-electron chi connectivity index (χ0n) is 15.5. The summed E-state index contributed by atoms with van der Waals surface area (Å²) in [5, 5.41) is 5.26. The second-order valence-electron chi connectivity index (χ2n) is 6.94. The first-order valence-electron chi connectivity index (χ1n) is 9.48. The largest absolute Gasteiger partial charge is 0.485 e. The summed E-state index contributed by atoms with van der Waals surface area (Å²) in [6, 6.07) is 15.2. The molecule has 0 amide bonds. The maximum Gasteiger partial charge on any atom is 0.282 e. The van der Waals surface area contributed by atoms with Gasteiger partial charge in [0.2, 0.25) is 0 Å². The van der Waals surface area contributed by atoms with Crippen LogP contribution in [0.3, 0.4) is 0 Å². The number of aryl methyl sites for hydroxylation is 1. The summed E-state index contributed by atoms with van der Waals surface area (Å²) >= 11 is 0. The molecule has 1 aliphatic carbocycles. The fourth-order valence-electron chi connectivity index (χ4n) is 3.43. The van der Waals surface area contributed by atoms with Gasteiger partial charge in [0.05, 0.1) is 10.9 Å². The summed E-state index contributed by atoms with van der Waals surface area (Å²) in [5.41, 5.74) is 2.65. The van der Waals surface area contributed by atoms with E-state index in [0.717, 1.165) is 42.7 Å². The van der Waals surface area contributed by atoms with Crippen molar-refractivity contribution in [2.75, 3.05) is 0 Å². The van der Waals surface area contributed by atoms with Crippen molar-refractivity contribution in [3.63, 3.8) is 0 Å². The van der Waals surface area contributed by atoms with Crippen LogP contribution in [0.1, 0.15) is 43.5 Å². The topological polar surface area (TPSA) is 56.5 Å². The molecule has 1 saturated carbocycles. The lowest BCUT2D eigenvalue weighted by Gasteiger charge is -2.15. The van der Waals surface area contributed by atoms with Crippen molar-refractivity contribution >= 4 is 16.6 Å². The van der Waals surface area contributed by atoms with Gasteiger partial charge in [-0.1, -0.05) is 36.8 Å². The highest BCUT2D eigenvalue weighted by Gasteiger charge is 2.14. The molecule has 3 aromatic rings. The van der Waals surface area contributed by atoms with E-state index in [1.807, 2.05) is 49.4 Å². The minimum Gasteiger partial charge on any atom is -0.485 e. The number of benzene rings is 2. The zero-order chi connectivity index (χ0) is 18.6. The first kappa shape index (κ1) is 17.5. The average molecular weight is 361 g/mol. The van der Waals surface area contributed by atoms with Crippen molar-refractivity contribution in [1.29, 1.82) is 0 Å². The Morgan fingerprint density at radius 3 is 2.59 bits per heavy atom. The predicted molar refractivity (Wildman–Crippen MR) is 107 cm³/mol. The monoisotopic (exact) mass is 361 g/mol. The number of aromatic nitrogens is 2. The van der Waals surface area contributed by atoms with Crippen LogP contribution in [0, 0.1) is 6.92 Å². The molecule has 27 heavy (non-hydrogen) atoms. The highest BCUT2D eigenvalue weighted by Crippen LogP contribution is 2.19. The van der Waals surface area contributed by atoms with E-state index in [0.29, 0.717) is 16.7 Å². The molecule has 0 saturated heterocycles. The minimum absolute atomic E-state index is 0.137. The van der Waals surface area contributed by atoms with E-state index in [1.165, 1.54) is 11.1 Å². The fourth-order valence-corrected chi connectivity index (χ4v) is 3.43. The van der Waals surface area contributed by atoms with Crippen LogP contribution in [0.25, 0.3) is 10.9 Å². The second-order valence-corrected chi connectivity index (χ2v) is 6.94. The molecular weight excluding hydrogens is 338 g/mol. The first-order valence-corrected chi connectivity index (χ1v) is 9.48. The Labute approximate surface area is 158 Å².